The van der Waals surface area contributed by atoms with Crippen LogP contribution < -0.4 is 24.8 Å². The average Bonchev–Trinajstić information content (AvgIpc) is 3.42. The molecule has 4 aromatic carbocycles. The first-order valence-electron chi connectivity index (χ1n) is 10.3. The predicted molar refractivity (Wildman–Crippen MR) is 127 cm³/mol. The maximum atomic E-state index is 3.37. The van der Waals surface area contributed by atoms with Gasteiger partial charge in [-0.1, -0.05) is 59.0 Å². The van der Waals surface area contributed by atoms with Crippen molar-refractivity contribution < 1.29 is 49.0 Å². The number of hydrogen-bond donors (Lipinski definition) is 0. The summed E-state index contributed by atoms with van der Waals surface area (Å²) in [7, 11) is 0. The van der Waals surface area contributed by atoms with Gasteiger partial charge in [0, 0.05) is 0 Å². The second-order valence-electron chi connectivity index (χ2n) is 7.69. The van der Waals surface area contributed by atoms with Crippen LogP contribution in [-0.4, -0.2) is 3.21 Å². The Morgan fingerprint density at radius 2 is 1.56 bits per heavy atom. The summed E-state index contributed by atoms with van der Waals surface area (Å²) in [6, 6.07) is 27.7. The third kappa shape index (κ3) is 6.11. The number of fused-ring (bicyclic) bond motifs is 6. The van der Waals surface area contributed by atoms with Crippen LogP contribution in [0.25, 0.3) is 27.1 Å². The van der Waals surface area contributed by atoms with Gasteiger partial charge in [-0.05, 0) is 11.8 Å². The first kappa shape index (κ1) is 26.3. The molecule has 2 aliphatic carbocycles. The summed E-state index contributed by atoms with van der Waals surface area (Å²) in [4.78, 5) is 0. The van der Waals surface area contributed by atoms with E-state index in [9.17, 15) is 0 Å². The van der Waals surface area contributed by atoms with Crippen LogP contribution in [-0.2, 0) is 30.7 Å². The molecule has 32 heavy (non-hydrogen) atoms. The van der Waals surface area contributed by atoms with Crippen LogP contribution in [0, 0.1) is 6.08 Å². The molecule has 0 saturated heterocycles. The molecule has 0 N–H and O–H groups in total. The van der Waals surface area contributed by atoms with Crippen LogP contribution in [0.4, 0.5) is 0 Å². The smallest absolute Gasteiger partial charge is 0.0263 e. The molecular formula is C29H24Cl2Zr-2. The van der Waals surface area contributed by atoms with Gasteiger partial charge in [0.25, 0.3) is 0 Å². The summed E-state index contributed by atoms with van der Waals surface area (Å²) in [5.74, 6) is 0. The molecule has 0 aliphatic heterocycles. The molecule has 2 aliphatic rings. The molecule has 0 spiro atoms. The van der Waals surface area contributed by atoms with Crippen LogP contribution >= 0.6 is 0 Å². The van der Waals surface area contributed by atoms with E-state index >= 15 is 0 Å². The minimum atomic E-state index is 0. The Bertz CT molecular complexity index is 1270. The first-order chi connectivity index (χ1) is 14.6. The van der Waals surface area contributed by atoms with Crippen molar-refractivity contribution in [3.8, 4) is 0 Å². The van der Waals surface area contributed by atoms with Gasteiger partial charge < -0.3 is 24.8 Å². The molecule has 0 aromatic heterocycles. The minimum Gasteiger partial charge on any atom is -1.00 e. The van der Waals surface area contributed by atoms with Crippen molar-refractivity contribution >= 4 is 30.3 Å². The van der Waals surface area contributed by atoms with Gasteiger partial charge in [0.2, 0.25) is 0 Å². The normalized spacial score (nSPS) is 12.5. The van der Waals surface area contributed by atoms with E-state index in [1.165, 1.54) is 47.0 Å². The van der Waals surface area contributed by atoms with Gasteiger partial charge in [0.05, 0.1) is 0 Å². The molecule has 6 rings (SSSR count). The Morgan fingerprint density at radius 3 is 2.31 bits per heavy atom. The van der Waals surface area contributed by atoms with Gasteiger partial charge in [0.1, 0.15) is 0 Å². The number of hydrogen-bond acceptors (Lipinski definition) is 0. The second-order valence-corrected chi connectivity index (χ2v) is 10.1. The SMILES string of the molecule is C[C](C)=[Zr+2].[C-]1=C2C(=CCc3ccc4ccccc4c32)C=C1.[Cl-].[Cl-].c1ccc2[cH-]ccc2c1. The number of rotatable bonds is 0. The fraction of sp³-hybridized carbons (Fsp3) is 0.103. The summed E-state index contributed by atoms with van der Waals surface area (Å²) >= 11 is 1.55. The second kappa shape index (κ2) is 12.4. The third-order valence-electron chi connectivity index (χ3n) is 5.13. The van der Waals surface area contributed by atoms with E-state index in [-0.39, 0.29) is 24.8 Å². The zero-order valence-electron chi connectivity index (χ0n) is 18.2. The van der Waals surface area contributed by atoms with Crippen LogP contribution in [0.5, 0.6) is 0 Å². The molecule has 0 heterocycles. The number of allylic oxidation sites excluding steroid dienone is 6. The van der Waals surface area contributed by atoms with Crippen molar-refractivity contribution in [2.45, 2.75) is 20.3 Å². The molecule has 3 heteroatoms. The third-order valence-corrected chi connectivity index (χ3v) is 5.13. The largest absolute Gasteiger partial charge is 1.00 e. The van der Waals surface area contributed by atoms with Crippen LogP contribution in [0.15, 0.2) is 103 Å². The molecule has 0 amide bonds. The Morgan fingerprint density at radius 1 is 0.875 bits per heavy atom. The molecular weight excluding hydrogens is 510 g/mol. The Labute approximate surface area is 218 Å². The molecule has 160 valence electrons. The first-order valence-corrected chi connectivity index (χ1v) is 11.5. The van der Waals surface area contributed by atoms with Gasteiger partial charge >= 0.3 is 41.3 Å². The average molecular weight is 535 g/mol. The minimum absolute atomic E-state index is 0. The van der Waals surface area contributed by atoms with Gasteiger partial charge in [-0.2, -0.15) is 29.7 Å². The van der Waals surface area contributed by atoms with E-state index in [0.29, 0.717) is 0 Å². The molecule has 0 saturated carbocycles. The zero-order chi connectivity index (χ0) is 20.9. The molecule has 0 nitrogen and oxygen atoms in total. The predicted octanol–water partition coefficient (Wildman–Crippen LogP) is 1.39. The fourth-order valence-electron chi connectivity index (χ4n) is 3.84. The van der Waals surface area contributed by atoms with Gasteiger partial charge in [0.15, 0.2) is 0 Å². The van der Waals surface area contributed by atoms with Gasteiger partial charge in [-0.15, -0.1) is 52.9 Å². The Kier molecular flexibility index (Phi) is 10.2. The summed E-state index contributed by atoms with van der Waals surface area (Å²) in [6.07, 6.45) is 10.9. The Hall–Kier alpha value is -1.92. The van der Waals surface area contributed by atoms with Crippen molar-refractivity contribution in [2.75, 3.05) is 0 Å². The zero-order valence-corrected chi connectivity index (χ0v) is 22.2. The maximum absolute atomic E-state index is 3.37. The van der Waals surface area contributed by atoms with E-state index in [0.717, 1.165) is 6.42 Å². The van der Waals surface area contributed by atoms with Gasteiger partial charge in [-0.25, -0.2) is 0 Å². The van der Waals surface area contributed by atoms with Crippen molar-refractivity contribution in [1.29, 1.82) is 0 Å². The van der Waals surface area contributed by atoms with E-state index in [1.807, 2.05) is 6.08 Å². The van der Waals surface area contributed by atoms with Crippen LogP contribution in [0.2, 0.25) is 0 Å². The van der Waals surface area contributed by atoms with E-state index < -0.39 is 0 Å². The number of halogens is 2. The van der Waals surface area contributed by atoms with Crippen LogP contribution in [0.3, 0.4) is 0 Å². The Balaban J connectivity index is 0.000000206. The van der Waals surface area contributed by atoms with E-state index in [1.54, 1.807) is 24.2 Å². The molecule has 0 fully saturated rings. The quantitative estimate of drug-likeness (QED) is 0.299. The van der Waals surface area contributed by atoms with Crippen LogP contribution in [0.1, 0.15) is 25.0 Å². The van der Waals surface area contributed by atoms with Crippen molar-refractivity contribution in [3.63, 3.8) is 0 Å². The molecule has 4 aromatic rings. The standard InChI is InChI=1S/C17H11.C9H7.C3H6.2ClH.Zr/c1-2-6-15-12(4-1)8-10-14-11-9-13-5-3-7-16(13)17(14)15;1-2-5-9-7-3-6-8(9)4-1;1-3-2;;;/h1-6,8-10H,11H2;1-7H;1-2H3;2*1H;/q2*-1;;;;+2/p-2. The van der Waals surface area contributed by atoms with Gasteiger partial charge in [-0.3, -0.25) is 0 Å². The summed E-state index contributed by atoms with van der Waals surface area (Å²) in [6.45, 7) is 4.25. The van der Waals surface area contributed by atoms with Crippen molar-refractivity contribution in [1.82, 2.24) is 0 Å². The molecule has 0 bridgehead atoms. The molecule has 0 atom stereocenters. The molecule has 0 radical (unpaired) electrons. The van der Waals surface area contributed by atoms with Crippen molar-refractivity contribution in [3.05, 3.63) is 120 Å². The van der Waals surface area contributed by atoms with E-state index in [4.69, 9.17) is 0 Å². The fourth-order valence-corrected chi connectivity index (χ4v) is 3.84. The summed E-state index contributed by atoms with van der Waals surface area (Å²) < 4.78 is 1.51. The summed E-state index contributed by atoms with van der Waals surface area (Å²) in [5.41, 5.74) is 5.39. The molecule has 0 unspecified atom stereocenters. The van der Waals surface area contributed by atoms with Crippen molar-refractivity contribution in [2.24, 2.45) is 0 Å². The summed E-state index contributed by atoms with van der Waals surface area (Å²) in [5, 5.41) is 5.32. The van der Waals surface area contributed by atoms with E-state index in [2.05, 4.69) is 111 Å². The topological polar surface area (TPSA) is 0 Å². The maximum Gasteiger partial charge on any atom is -0.0263 e. The monoisotopic (exact) mass is 532 g/mol. The number of benzene rings is 3.